The van der Waals surface area contributed by atoms with Crippen LogP contribution >= 0.6 is 11.3 Å². The molecule has 0 saturated carbocycles. The first-order chi connectivity index (χ1) is 7.27. The maximum atomic E-state index is 5.27. The average molecular weight is 229 g/mol. The molecule has 0 radical (unpaired) electrons. The lowest BCUT2D eigenvalue weighted by Crippen LogP contribution is -2.33. The number of nitrogens with one attached hydrogen (secondary N) is 1. The van der Waals surface area contributed by atoms with Crippen molar-refractivity contribution < 1.29 is 9.47 Å². The minimum atomic E-state index is 0.121. The third kappa shape index (κ3) is 4.30. The number of rotatable bonds is 7. The van der Waals surface area contributed by atoms with E-state index in [0.29, 0.717) is 12.6 Å². The zero-order valence-corrected chi connectivity index (χ0v) is 10.3. The summed E-state index contributed by atoms with van der Waals surface area (Å²) in [5, 5.41) is 7.68. The third-order valence-electron chi connectivity index (χ3n) is 2.38. The Balaban J connectivity index is 2.29. The van der Waals surface area contributed by atoms with E-state index >= 15 is 0 Å². The van der Waals surface area contributed by atoms with Crippen LogP contribution in [-0.4, -0.2) is 33.5 Å². The first-order valence-electron chi connectivity index (χ1n) is 5.05. The van der Waals surface area contributed by atoms with E-state index in [0.717, 1.165) is 6.54 Å². The van der Waals surface area contributed by atoms with Crippen LogP contribution in [0.25, 0.3) is 0 Å². The van der Waals surface area contributed by atoms with Gasteiger partial charge in [-0.15, -0.1) is 0 Å². The van der Waals surface area contributed by atoms with Crippen LogP contribution in [0.4, 0.5) is 0 Å². The number of hydrogen-bond donors (Lipinski definition) is 1. The second-order valence-electron chi connectivity index (χ2n) is 3.50. The van der Waals surface area contributed by atoms with E-state index in [1.165, 1.54) is 5.56 Å². The number of thiophene rings is 1. The summed E-state index contributed by atoms with van der Waals surface area (Å²) in [4.78, 5) is 0. The lowest BCUT2D eigenvalue weighted by molar-refractivity contribution is 0.0276. The average Bonchev–Trinajstić information content (AvgIpc) is 2.77. The second kappa shape index (κ2) is 6.95. The molecule has 1 rings (SSSR count). The highest BCUT2D eigenvalue weighted by Gasteiger charge is 2.10. The number of hydrogen-bond acceptors (Lipinski definition) is 4. The van der Waals surface area contributed by atoms with E-state index in [1.54, 1.807) is 25.6 Å². The predicted octanol–water partition coefficient (Wildman–Crippen LogP) is 2.06. The van der Waals surface area contributed by atoms with Crippen LogP contribution in [0.1, 0.15) is 18.5 Å². The maximum Gasteiger partial charge on any atom is 0.0928 e. The molecular weight excluding hydrogens is 210 g/mol. The molecule has 15 heavy (non-hydrogen) atoms. The Kier molecular flexibility index (Phi) is 5.86. The van der Waals surface area contributed by atoms with Gasteiger partial charge in [-0.1, -0.05) is 0 Å². The van der Waals surface area contributed by atoms with Crippen LogP contribution in [0.3, 0.4) is 0 Å². The van der Waals surface area contributed by atoms with Crippen molar-refractivity contribution in [2.45, 2.75) is 19.1 Å². The summed E-state index contributed by atoms with van der Waals surface area (Å²) in [5.74, 6) is 0. The van der Waals surface area contributed by atoms with Crippen LogP contribution < -0.4 is 5.32 Å². The minimum absolute atomic E-state index is 0.121. The van der Waals surface area contributed by atoms with Gasteiger partial charge in [-0.2, -0.15) is 11.3 Å². The molecule has 0 aromatic carbocycles. The Morgan fingerprint density at radius 1 is 1.47 bits per heavy atom. The molecule has 1 aromatic heterocycles. The first-order valence-corrected chi connectivity index (χ1v) is 5.99. The maximum absolute atomic E-state index is 5.27. The van der Waals surface area contributed by atoms with Crippen molar-refractivity contribution in [3.05, 3.63) is 22.4 Å². The highest BCUT2D eigenvalue weighted by Crippen LogP contribution is 2.15. The molecule has 0 spiro atoms. The van der Waals surface area contributed by atoms with Crippen LogP contribution in [0.15, 0.2) is 16.8 Å². The van der Waals surface area contributed by atoms with Gasteiger partial charge in [0.25, 0.3) is 0 Å². The van der Waals surface area contributed by atoms with Gasteiger partial charge < -0.3 is 14.8 Å². The Morgan fingerprint density at radius 3 is 2.80 bits per heavy atom. The summed E-state index contributed by atoms with van der Waals surface area (Å²) in [7, 11) is 3.40. The minimum Gasteiger partial charge on any atom is -0.382 e. The van der Waals surface area contributed by atoms with Crippen molar-refractivity contribution in [1.29, 1.82) is 0 Å². The smallest absolute Gasteiger partial charge is 0.0928 e. The largest absolute Gasteiger partial charge is 0.382 e. The van der Waals surface area contributed by atoms with E-state index in [1.807, 2.05) is 0 Å². The zero-order chi connectivity index (χ0) is 11.1. The Labute approximate surface area is 95.4 Å². The van der Waals surface area contributed by atoms with Gasteiger partial charge in [0.05, 0.1) is 12.7 Å². The molecule has 0 fully saturated rings. The summed E-state index contributed by atoms with van der Waals surface area (Å²) < 4.78 is 10.3. The summed E-state index contributed by atoms with van der Waals surface area (Å²) in [6.45, 7) is 3.59. The van der Waals surface area contributed by atoms with E-state index in [9.17, 15) is 0 Å². The van der Waals surface area contributed by atoms with Crippen molar-refractivity contribution in [3.63, 3.8) is 0 Å². The van der Waals surface area contributed by atoms with Gasteiger partial charge >= 0.3 is 0 Å². The molecule has 1 N–H and O–H groups in total. The van der Waals surface area contributed by atoms with Crippen LogP contribution in [0.2, 0.25) is 0 Å². The molecule has 2 atom stereocenters. The van der Waals surface area contributed by atoms with Gasteiger partial charge in [0, 0.05) is 26.8 Å². The second-order valence-corrected chi connectivity index (χ2v) is 4.28. The van der Waals surface area contributed by atoms with E-state index < -0.39 is 0 Å². The molecule has 0 amide bonds. The van der Waals surface area contributed by atoms with Crippen molar-refractivity contribution in [2.75, 3.05) is 27.4 Å². The summed E-state index contributed by atoms with van der Waals surface area (Å²) in [6, 6.07) is 2.51. The van der Waals surface area contributed by atoms with E-state index in [4.69, 9.17) is 9.47 Å². The molecule has 1 aromatic rings. The van der Waals surface area contributed by atoms with Crippen molar-refractivity contribution in [1.82, 2.24) is 5.32 Å². The fourth-order valence-corrected chi connectivity index (χ4v) is 2.10. The van der Waals surface area contributed by atoms with Gasteiger partial charge in [-0.05, 0) is 29.3 Å². The van der Waals surface area contributed by atoms with Gasteiger partial charge in [-0.3, -0.25) is 0 Å². The molecule has 86 valence electrons. The van der Waals surface area contributed by atoms with E-state index in [2.05, 4.69) is 29.1 Å². The molecule has 0 aliphatic carbocycles. The van der Waals surface area contributed by atoms with Crippen LogP contribution in [0, 0.1) is 0 Å². The highest BCUT2D eigenvalue weighted by atomic mass is 32.1. The quantitative estimate of drug-likeness (QED) is 0.776. The third-order valence-corrected chi connectivity index (χ3v) is 3.08. The molecule has 0 aliphatic rings. The summed E-state index contributed by atoms with van der Waals surface area (Å²) >= 11 is 1.72. The molecular formula is C11H19NO2S. The topological polar surface area (TPSA) is 30.5 Å². The molecule has 1 heterocycles. The van der Waals surface area contributed by atoms with Crippen molar-refractivity contribution >= 4 is 11.3 Å². The standard InChI is InChI=1S/C11H19NO2S/c1-9(10-4-5-15-8-10)12-6-11(14-3)7-13-2/h4-5,8-9,11-12H,6-7H2,1-3H3. The fourth-order valence-electron chi connectivity index (χ4n) is 1.34. The zero-order valence-electron chi connectivity index (χ0n) is 9.53. The number of ether oxygens (including phenoxy) is 2. The lowest BCUT2D eigenvalue weighted by Gasteiger charge is -2.18. The van der Waals surface area contributed by atoms with Gasteiger partial charge in [0.15, 0.2) is 0 Å². The Morgan fingerprint density at radius 2 is 2.27 bits per heavy atom. The predicted molar refractivity (Wildman–Crippen MR) is 63.4 cm³/mol. The SMILES string of the molecule is COCC(CNC(C)c1ccsc1)OC. The Bertz CT molecular complexity index is 251. The fraction of sp³-hybridized carbons (Fsp3) is 0.636. The molecule has 4 heteroatoms. The number of methoxy groups -OCH3 is 2. The Hall–Kier alpha value is -0.420. The molecule has 0 bridgehead atoms. The molecule has 0 aliphatic heterocycles. The lowest BCUT2D eigenvalue weighted by atomic mass is 10.2. The van der Waals surface area contributed by atoms with Crippen LogP contribution in [0.5, 0.6) is 0 Å². The normalized spacial score (nSPS) is 15.1. The van der Waals surface area contributed by atoms with Gasteiger partial charge in [0.1, 0.15) is 0 Å². The molecule has 0 saturated heterocycles. The van der Waals surface area contributed by atoms with E-state index in [-0.39, 0.29) is 6.10 Å². The van der Waals surface area contributed by atoms with Crippen LogP contribution in [-0.2, 0) is 9.47 Å². The summed E-state index contributed by atoms with van der Waals surface area (Å²) in [6.07, 6.45) is 0.121. The van der Waals surface area contributed by atoms with Gasteiger partial charge in [0.2, 0.25) is 0 Å². The van der Waals surface area contributed by atoms with Crippen molar-refractivity contribution in [2.24, 2.45) is 0 Å². The summed E-state index contributed by atoms with van der Waals surface area (Å²) in [5.41, 5.74) is 1.33. The monoisotopic (exact) mass is 229 g/mol. The van der Waals surface area contributed by atoms with Crippen molar-refractivity contribution in [3.8, 4) is 0 Å². The molecule has 2 unspecified atom stereocenters. The highest BCUT2D eigenvalue weighted by molar-refractivity contribution is 7.07. The van der Waals surface area contributed by atoms with Gasteiger partial charge in [-0.25, -0.2) is 0 Å². The first kappa shape index (κ1) is 12.6. The molecule has 3 nitrogen and oxygen atoms in total.